The molecular weight excluding hydrogens is 744 g/mol. The molecule has 0 aromatic rings. The molecule has 0 bridgehead atoms. The fraction of sp³-hybridized carbons (Fsp3) is 0.889. The molecule has 0 saturated carbocycles. The van der Waals surface area contributed by atoms with Crippen LogP contribution in [0.15, 0.2) is 37.0 Å². The second-order valence-electron chi connectivity index (χ2n) is 18.0. The van der Waals surface area contributed by atoms with E-state index in [9.17, 15) is 4.57 Å². The van der Waals surface area contributed by atoms with Crippen LogP contribution in [0.5, 0.6) is 0 Å². The van der Waals surface area contributed by atoms with Crippen LogP contribution in [-0.4, -0.2) is 0 Å². The molecule has 350 valence electrons. The van der Waals surface area contributed by atoms with Crippen LogP contribution in [0.1, 0.15) is 310 Å². The zero-order valence-electron chi connectivity index (χ0n) is 40.4. The summed E-state index contributed by atoms with van der Waals surface area (Å²) in [5.74, 6) is 0. The van der Waals surface area contributed by atoms with Crippen molar-refractivity contribution in [1.82, 2.24) is 0 Å². The Morgan fingerprint density at radius 1 is 0.254 bits per heavy atom. The maximum absolute atomic E-state index is 13.5. The van der Waals surface area contributed by atoms with Gasteiger partial charge >= 0.3 is 7.82 Å². The van der Waals surface area contributed by atoms with Gasteiger partial charge in [0, 0.05) is 0 Å². The first kappa shape index (κ1) is 57.9. The van der Waals surface area contributed by atoms with E-state index in [1.165, 1.54) is 269 Å². The summed E-state index contributed by atoms with van der Waals surface area (Å²) in [6.45, 7) is 6.87. The predicted molar refractivity (Wildman–Crippen MR) is 263 cm³/mol. The van der Waals surface area contributed by atoms with Crippen molar-refractivity contribution in [3.63, 3.8) is 0 Å². The molecule has 0 radical (unpaired) electrons. The number of allylic oxidation sites excluding steroid dienone is 3. The van der Waals surface area contributed by atoms with E-state index >= 15 is 0 Å². The lowest BCUT2D eigenvalue weighted by Gasteiger charge is -2.13. The molecule has 0 spiro atoms. The third-order valence-corrected chi connectivity index (χ3v) is 13.2. The van der Waals surface area contributed by atoms with Gasteiger partial charge in [0.2, 0.25) is 0 Å². The molecule has 0 amide bonds. The number of hydrogen-bond acceptors (Lipinski definition) is 4. The summed E-state index contributed by atoms with van der Waals surface area (Å²) < 4.78 is 30.4. The summed E-state index contributed by atoms with van der Waals surface area (Å²) in [4.78, 5) is 0. The van der Waals surface area contributed by atoms with Crippen LogP contribution < -0.4 is 0 Å². The molecule has 0 rings (SSSR count). The highest BCUT2D eigenvalue weighted by atomic mass is 31.2. The van der Waals surface area contributed by atoms with E-state index in [1.54, 1.807) is 0 Å². The van der Waals surface area contributed by atoms with Crippen LogP contribution in [0.25, 0.3) is 0 Å². The Morgan fingerprint density at radius 2 is 0.407 bits per heavy atom. The largest absolute Gasteiger partial charge is 0.645 e. The Bertz CT molecular complexity index is 800. The standard InChI is InChI=1S/C54H105O4P/c1-4-7-10-13-16-19-22-25-28-31-34-37-40-43-46-49-52-56-59(55,57-53-50-47-44-41-38-35-32-29-26-23-20-17-14-11-8-5-2)58-54-51-48-45-42-39-36-33-30-27-24-21-18-15-12-9-6-3/h49-54H,4-48H2,1-3H3. The Balaban J connectivity index is 4.27. The highest BCUT2D eigenvalue weighted by Gasteiger charge is 2.27. The molecule has 0 saturated heterocycles. The highest BCUT2D eigenvalue weighted by Crippen LogP contribution is 2.50. The average molecular weight is 849 g/mol. The lowest BCUT2D eigenvalue weighted by atomic mass is 10.0. The van der Waals surface area contributed by atoms with Crippen molar-refractivity contribution in [2.75, 3.05) is 0 Å². The van der Waals surface area contributed by atoms with Crippen LogP contribution >= 0.6 is 7.82 Å². The number of rotatable bonds is 51. The van der Waals surface area contributed by atoms with Crippen molar-refractivity contribution in [3.8, 4) is 0 Å². The SMILES string of the molecule is CCCCCCCCCCCCCCCCC=COP(=O)(OC=CCCCCCCCCCCCCCCCC)OC=CCCCCCCCCCCCCCCCC. The average Bonchev–Trinajstić information content (AvgIpc) is 3.24. The van der Waals surface area contributed by atoms with Gasteiger partial charge < -0.3 is 13.6 Å². The van der Waals surface area contributed by atoms with Crippen molar-refractivity contribution in [3.05, 3.63) is 37.0 Å². The monoisotopic (exact) mass is 849 g/mol. The molecule has 0 N–H and O–H groups in total. The number of phosphoric acid groups is 1. The van der Waals surface area contributed by atoms with Gasteiger partial charge in [-0.25, -0.2) is 0 Å². The van der Waals surface area contributed by atoms with Crippen molar-refractivity contribution in [1.29, 1.82) is 0 Å². The molecule has 4 nitrogen and oxygen atoms in total. The van der Waals surface area contributed by atoms with Gasteiger partial charge in [-0.2, -0.15) is 4.57 Å². The summed E-state index contributed by atoms with van der Waals surface area (Å²) in [5, 5.41) is 0. The number of hydrogen-bond donors (Lipinski definition) is 0. The van der Waals surface area contributed by atoms with Crippen LogP contribution in [0.3, 0.4) is 0 Å². The number of phosphoric ester groups is 1. The molecule has 0 aliphatic carbocycles. The normalized spacial score (nSPS) is 13.0. The Morgan fingerprint density at radius 3 is 0.576 bits per heavy atom. The lowest BCUT2D eigenvalue weighted by molar-refractivity contribution is 0.229. The summed E-state index contributed by atoms with van der Waals surface area (Å²) in [6, 6.07) is 0. The number of unbranched alkanes of at least 4 members (excludes halogenated alkanes) is 42. The quantitative estimate of drug-likeness (QED) is 0.0347. The van der Waals surface area contributed by atoms with E-state index in [1.807, 2.05) is 18.2 Å². The molecule has 0 fully saturated rings. The van der Waals surface area contributed by atoms with E-state index in [4.69, 9.17) is 13.6 Å². The zero-order valence-corrected chi connectivity index (χ0v) is 41.3. The van der Waals surface area contributed by atoms with Gasteiger partial charge in [0.15, 0.2) is 0 Å². The van der Waals surface area contributed by atoms with Crippen molar-refractivity contribution in [2.45, 2.75) is 310 Å². The highest BCUT2D eigenvalue weighted by molar-refractivity contribution is 7.48. The van der Waals surface area contributed by atoms with Gasteiger partial charge in [-0.15, -0.1) is 0 Å². The zero-order chi connectivity index (χ0) is 42.7. The van der Waals surface area contributed by atoms with E-state index in [2.05, 4.69) is 20.8 Å². The fourth-order valence-corrected chi connectivity index (χ4v) is 8.86. The Kier molecular flexibility index (Phi) is 50.2. The summed E-state index contributed by atoms with van der Waals surface area (Å²) >= 11 is 0. The van der Waals surface area contributed by atoms with Gasteiger partial charge in [0.05, 0.1) is 18.8 Å². The van der Waals surface area contributed by atoms with Crippen molar-refractivity contribution < 1.29 is 18.1 Å². The second-order valence-corrected chi connectivity index (χ2v) is 19.6. The van der Waals surface area contributed by atoms with E-state index < -0.39 is 7.82 Å². The molecule has 0 aliphatic heterocycles. The summed E-state index contributed by atoms with van der Waals surface area (Å²) in [6.07, 6.45) is 70.3. The van der Waals surface area contributed by atoms with Gasteiger partial charge in [-0.3, -0.25) is 0 Å². The Hall–Kier alpha value is -1.15. The van der Waals surface area contributed by atoms with Crippen LogP contribution in [0.2, 0.25) is 0 Å². The fourth-order valence-electron chi connectivity index (χ4n) is 8.00. The van der Waals surface area contributed by atoms with E-state index in [-0.39, 0.29) is 0 Å². The third kappa shape index (κ3) is 49.4. The topological polar surface area (TPSA) is 44.8 Å². The first-order chi connectivity index (χ1) is 29.2. The molecule has 0 aliphatic rings. The van der Waals surface area contributed by atoms with E-state index in [0.717, 1.165) is 38.5 Å². The molecular formula is C54H105O4P. The minimum atomic E-state index is -3.75. The molecule has 5 heteroatoms. The minimum Gasteiger partial charge on any atom is -0.394 e. The van der Waals surface area contributed by atoms with Gasteiger partial charge in [0.1, 0.15) is 0 Å². The maximum Gasteiger partial charge on any atom is 0.645 e. The molecule has 0 unspecified atom stereocenters. The van der Waals surface area contributed by atoms with Crippen molar-refractivity contribution >= 4 is 7.82 Å². The van der Waals surface area contributed by atoms with Gasteiger partial charge in [-0.05, 0) is 56.8 Å². The lowest BCUT2D eigenvalue weighted by Crippen LogP contribution is -1.89. The van der Waals surface area contributed by atoms with Gasteiger partial charge in [-0.1, -0.05) is 271 Å². The minimum absolute atomic E-state index is 0.919. The maximum atomic E-state index is 13.5. The van der Waals surface area contributed by atoms with Crippen molar-refractivity contribution in [2.24, 2.45) is 0 Å². The third-order valence-electron chi connectivity index (χ3n) is 12.0. The predicted octanol–water partition coefficient (Wildman–Crippen LogP) is 21.3. The van der Waals surface area contributed by atoms with Crippen LogP contribution in [-0.2, 0) is 18.1 Å². The van der Waals surface area contributed by atoms with E-state index in [0.29, 0.717) is 0 Å². The first-order valence-corrected chi connectivity index (χ1v) is 28.2. The summed E-state index contributed by atoms with van der Waals surface area (Å²) in [5.41, 5.74) is 0. The van der Waals surface area contributed by atoms with Crippen LogP contribution in [0, 0.1) is 0 Å². The summed E-state index contributed by atoms with van der Waals surface area (Å²) in [7, 11) is -3.75. The smallest absolute Gasteiger partial charge is 0.394 e. The molecule has 59 heavy (non-hydrogen) atoms. The van der Waals surface area contributed by atoms with Crippen LogP contribution in [0.4, 0.5) is 0 Å². The second kappa shape index (κ2) is 51.2. The molecule has 0 atom stereocenters. The molecule has 0 aromatic carbocycles. The first-order valence-electron chi connectivity index (χ1n) is 26.8. The van der Waals surface area contributed by atoms with Gasteiger partial charge in [0.25, 0.3) is 0 Å². The molecule has 0 aromatic heterocycles. The molecule has 0 heterocycles. The Labute approximate surface area is 371 Å².